The van der Waals surface area contributed by atoms with Crippen LogP contribution >= 0.6 is 0 Å². The number of aliphatic hydroxyl groups is 1. The highest BCUT2D eigenvalue weighted by Gasteiger charge is 2.46. The molecular weight excluding hydrogens is 431 g/mol. The molecule has 2 N–H and O–H groups in total. The van der Waals surface area contributed by atoms with Gasteiger partial charge in [-0.15, -0.1) is 0 Å². The lowest BCUT2D eigenvalue weighted by atomic mass is 9.95. The number of aryl methyl sites for hydroxylation is 1. The topological polar surface area (TPSA) is 73.4 Å². The number of aromatic nitrogens is 1. The van der Waals surface area contributed by atoms with E-state index in [0.717, 1.165) is 22.0 Å². The number of hydrogen-bond acceptors (Lipinski definition) is 3. The van der Waals surface area contributed by atoms with E-state index in [1.807, 2.05) is 49.5 Å². The van der Waals surface area contributed by atoms with Crippen LogP contribution in [-0.4, -0.2) is 33.2 Å². The molecule has 1 unspecified atom stereocenters. The lowest BCUT2D eigenvalue weighted by Crippen LogP contribution is -2.31. The Morgan fingerprint density at radius 1 is 1.03 bits per heavy atom. The minimum absolute atomic E-state index is 0.0293. The number of aliphatic hydroxyl groups excluding tert-OH is 1. The number of nitrogens with one attached hydrogen (secondary N) is 1. The van der Waals surface area contributed by atoms with Crippen molar-refractivity contribution in [2.24, 2.45) is 0 Å². The zero-order chi connectivity index (χ0) is 23.8. The molecule has 1 saturated heterocycles. The van der Waals surface area contributed by atoms with Gasteiger partial charge >= 0.3 is 0 Å². The van der Waals surface area contributed by atoms with E-state index >= 15 is 0 Å². The Balaban J connectivity index is 1.57. The van der Waals surface area contributed by atoms with Crippen molar-refractivity contribution < 1.29 is 19.1 Å². The maximum atomic E-state index is 14.2. The van der Waals surface area contributed by atoms with Crippen molar-refractivity contribution >= 4 is 28.4 Å². The number of rotatable bonds is 5. The Labute approximate surface area is 196 Å². The summed E-state index contributed by atoms with van der Waals surface area (Å²) < 4.78 is 14.2. The lowest BCUT2D eigenvalue weighted by Gasteiger charge is -2.25. The second kappa shape index (κ2) is 8.63. The van der Waals surface area contributed by atoms with Gasteiger partial charge in [-0.25, -0.2) is 4.39 Å². The molecule has 1 aromatic heterocycles. The second-order valence-corrected chi connectivity index (χ2v) is 8.52. The zero-order valence-electron chi connectivity index (χ0n) is 18.6. The van der Waals surface area contributed by atoms with Crippen molar-refractivity contribution in [2.75, 3.05) is 6.54 Å². The SMILES string of the molecule is Cc1ccc(C(O)=C2C(=O)C(=O)N(CCc3c[nH]c4ccccc34)C2c2cccc(F)c2)cc1. The molecule has 4 aromatic rings. The summed E-state index contributed by atoms with van der Waals surface area (Å²) in [5.74, 6) is -2.22. The standard InChI is InChI=1S/C28H23FN2O3/c1-17-9-11-18(12-10-17)26(32)24-25(19-5-4-6-21(29)15-19)31(28(34)27(24)33)14-13-20-16-30-23-8-3-2-7-22(20)23/h2-12,15-16,25,30,32H,13-14H2,1H3. The van der Waals surface area contributed by atoms with Crippen LogP contribution in [0.15, 0.2) is 84.6 Å². The number of hydrogen-bond donors (Lipinski definition) is 2. The van der Waals surface area contributed by atoms with Crippen LogP contribution in [0.4, 0.5) is 4.39 Å². The van der Waals surface area contributed by atoms with Crippen LogP contribution in [0.5, 0.6) is 0 Å². The van der Waals surface area contributed by atoms with Gasteiger partial charge in [0.25, 0.3) is 11.7 Å². The van der Waals surface area contributed by atoms with Crippen molar-refractivity contribution in [3.63, 3.8) is 0 Å². The van der Waals surface area contributed by atoms with Gasteiger partial charge < -0.3 is 15.0 Å². The average molecular weight is 455 g/mol. The molecule has 1 aliphatic rings. The van der Waals surface area contributed by atoms with Crippen molar-refractivity contribution in [3.05, 3.63) is 113 Å². The van der Waals surface area contributed by atoms with Gasteiger partial charge in [-0.2, -0.15) is 0 Å². The summed E-state index contributed by atoms with van der Waals surface area (Å²) in [7, 11) is 0. The van der Waals surface area contributed by atoms with Crippen LogP contribution in [0.3, 0.4) is 0 Å². The minimum Gasteiger partial charge on any atom is -0.507 e. The Morgan fingerprint density at radius 2 is 1.79 bits per heavy atom. The first-order chi connectivity index (χ1) is 16.4. The van der Waals surface area contributed by atoms with Crippen LogP contribution in [-0.2, 0) is 16.0 Å². The zero-order valence-corrected chi connectivity index (χ0v) is 18.6. The number of Topliss-reactive ketones (excluding diaryl/α,β-unsaturated/α-hetero) is 1. The van der Waals surface area contributed by atoms with Gasteiger partial charge in [-0.05, 0) is 42.7 Å². The molecular formula is C28H23FN2O3. The maximum absolute atomic E-state index is 14.2. The summed E-state index contributed by atoms with van der Waals surface area (Å²) in [5, 5.41) is 12.1. The van der Waals surface area contributed by atoms with E-state index < -0.39 is 23.5 Å². The molecule has 6 heteroatoms. The van der Waals surface area contributed by atoms with E-state index in [-0.39, 0.29) is 17.9 Å². The van der Waals surface area contributed by atoms with Gasteiger partial charge in [0.1, 0.15) is 11.6 Å². The molecule has 2 heterocycles. The summed E-state index contributed by atoms with van der Waals surface area (Å²) in [6.07, 6.45) is 2.39. The maximum Gasteiger partial charge on any atom is 0.295 e. The number of para-hydroxylation sites is 1. The van der Waals surface area contributed by atoms with Crippen molar-refractivity contribution in [2.45, 2.75) is 19.4 Å². The average Bonchev–Trinajstić information content (AvgIpc) is 3.36. The van der Waals surface area contributed by atoms with Gasteiger partial charge in [0.15, 0.2) is 0 Å². The number of ketones is 1. The highest BCUT2D eigenvalue weighted by molar-refractivity contribution is 6.46. The third-order valence-electron chi connectivity index (χ3n) is 6.33. The van der Waals surface area contributed by atoms with Crippen LogP contribution in [0.2, 0.25) is 0 Å². The Kier molecular flexibility index (Phi) is 5.49. The fraction of sp³-hybridized carbons (Fsp3) is 0.143. The van der Waals surface area contributed by atoms with Crippen LogP contribution in [0.25, 0.3) is 16.7 Å². The van der Waals surface area contributed by atoms with E-state index in [1.165, 1.54) is 23.1 Å². The summed E-state index contributed by atoms with van der Waals surface area (Å²) in [5.41, 5.74) is 3.83. The second-order valence-electron chi connectivity index (χ2n) is 8.52. The number of likely N-dealkylation sites (tertiary alicyclic amines) is 1. The van der Waals surface area contributed by atoms with E-state index in [9.17, 15) is 19.1 Å². The smallest absolute Gasteiger partial charge is 0.295 e. The molecule has 5 nitrogen and oxygen atoms in total. The number of aromatic amines is 1. The molecule has 1 aliphatic heterocycles. The van der Waals surface area contributed by atoms with Crippen LogP contribution < -0.4 is 0 Å². The van der Waals surface area contributed by atoms with Gasteiger partial charge in [0, 0.05) is 29.2 Å². The molecule has 1 atom stereocenters. The van der Waals surface area contributed by atoms with Crippen molar-refractivity contribution in [1.82, 2.24) is 9.88 Å². The summed E-state index contributed by atoms with van der Waals surface area (Å²) in [4.78, 5) is 30.9. The number of amides is 1. The van der Waals surface area contributed by atoms with Crippen molar-refractivity contribution in [3.8, 4) is 0 Å². The molecule has 0 spiro atoms. The molecule has 3 aromatic carbocycles. The number of fused-ring (bicyclic) bond motifs is 1. The number of carbonyl (C=O) groups excluding carboxylic acids is 2. The molecule has 1 fully saturated rings. The number of H-pyrrole nitrogens is 1. The Morgan fingerprint density at radius 3 is 2.56 bits per heavy atom. The van der Waals surface area contributed by atoms with Gasteiger partial charge in [0.05, 0.1) is 11.6 Å². The van der Waals surface area contributed by atoms with Crippen LogP contribution in [0.1, 0.15) is 28.3 Å². The minimum atomic E-state index is -0.887. The van der Waals surface area contributed by atoms with Gasteiger partial charge in [0.2, 0.25) is 0 Å². The van der Waals surface area contributed by atoms with Crippen molar-refractivity contribution in [1.29, 1.82) is 0 Å². The fourth-order valence-electron chi connectivity index (χ4n) is 4.58. The van der Waals surface area contributed by atoms with E-state index in [2.05, 4.69) is 4.98 Å². The third kappa shape index (κ3) is 3.77. The molecule has 0 bridgehead atoms. The normalized spacial score (nSPS) is 17.6. The highest BCUT2D eigenvalue weighted by Crippen LogP contribution is 2.39. The molecule has 5 rings (SSSR count). The molecule has 1 amide bonds. The monoisotopic (exact) mass is 454 g/mol. The van der Waals surface area contributed by atoms with E-state index in [0.29, 0.717) is 17.5 Å². The Hall–Kier alpha value is -4.19. The molecule has 34 heavy (non-hydrogen) atoms. The van der Waals surface area contributed by atoms with Gasteiger partial charge in [-0.3, -0.25) is 9.59 Å². The molecule has 170 valence electrons. The first-order valence-corrected chi connectivity index (χ1v) is 11.1. The lowest BCUT2D eigenvalue weighted by molar-refractivity contribution is -0.139. The third-order valence-corrected chi connectivity index (χ3v) is 6.33. The number of halogens is 1. The highest BCUT2D eigenvalue weighted by atomic mass is 19.1. The summed E-state index contributed by atoms with van der Waals surface area (Å²) in [6, 6.07) is 19.8. The predicted molar refractivity (Wildman–Crippen MR) is 129 cm³/mol. The number of benzene rings is 3. The fourth-order valence-corrected chi connectivity index (χ4v) is 4.58. The van der Waals surface area contributed by atoms with Gasteiger partial charge in [-0.1, -0.05) is 60.2 Å². The summed E-state index contributed by atoms with van der Waals surface area (Å²) >= 11 is 0. The van der Waals surface area contributed by atoms with E-state index in [4.69, 9.17) is 0 Å². The van der Waals surface area contributed by atoms with E-state index in [1.54, 1.807) is 18.2 Å². The molecule has 0 saturated carbocycles. The predicted octanol–water partition coefficient (Wildman–Crippen LogP) is 5.28. The number of nitrogens with zero attached hydrogens (tertiary/aromatic N) is 1. The largest absolute Gasteiger partial charge is 0.507 e. The molecule has 0 radical (unpaired) electrons. The Bertz CT molecular complexity index is 1440. The quantitative estimate of drug-likeness (QED) is 0.245. The van der Waals surface area contributed by atoms with Crippen LogP contribution in [0, 0.1) is 12.7 Å². The summed E-state index contributed by atoms with van der Waals surface area (Å²) in [6.45, 7) is 2.15. The first kappa shape index (κ1) is 21.6. The number of carbonyl (C=O) groups is 2. The molecule has 0 aliphatic carbocycles. The first-order valence-electron chi connectivity index (χ1n) is 11.1.